The minimum atomic E-state index is -4.43. The quantitative estimate of drug-likeness (QED) is 0.263. The van der Waals surface area contributed by atoms with Crippen LogP contribution in [-0.2, 0) is 12.8 Å². The first-order chi connectivity index (χ1) is 18.1. The second kappa shape index (κ2) is 9.83. The van der Waals surface area contributed by atoms with Gasteiger partial charge in [0.15, 0.2) is 5.43 Å². The fraction of sp³-hybridized carbons (Fsp3) is 0.172. The summed E-state index contributed by atoms with van der Waals surface area (Å²) in [7, 11) is 0. The van der Waals surface area contributed by atoms with Gasteiger partial charge in [-0.3, -0.25) is 4.79 Å². The number of aliphatic hydroxyl groups excluding tert-OH is 1. The lowest BCUT2D eigenvalue weighted by Gasteiger charge is -2.19. The molecule has 2 heterocycles. The van der Waals surface area contributed by atoms with Crippen molar-refractivity contribution in [2.45, 2.75) is 32.7 Å². The van der Waals surface area contributed by atoms with E-state index in [0.29, 0.717) is 22.2 Å². The van der Waals surface area contributed by atoms with Gasteiger partial charge in [0.2, 0.25) is 0 Å². The molecule has 1 unspecified atom stereocenters. The van der Waals surface area contributed by atoms with Gasteiger partial charge in [0.05, 0.1) is 41.0 Å². The number of anilines is 1. The van der Waals surface area contributed by atoms with E-state index >= 15 is 0 Å². The van der Waals surface area contributed by atoms with Gasteiger partial charge in [-0.15, -0.1) is 0 Å². The monoisotopic (exact) mass is 519 g/mol. The van der Waals surface area contributed by atoms with Crippen LogP contribution in [0.2, 0.25) is 0 Å². The number of benzene rings is 3. The predicted octanol–water partition coefficient (Wildman–Crippen LogP) is 6.64. The Balaban J connectivity index is 1.53. The first-order valence-corrected chi connectivity index (χ1v) is 11.9. The Kier molecular flexibility index (Phi) is 6.54. The van der Waals surface area contributed by atoms with Crippen molar-refractivity contribution in [1.82, 2.24) is 9.78 Å². The highest BCUT2D eigenvalue weighted by atomic mass is 19.4. The number of halogens is 3. The van der Waals surface area contributed by atoms with Crippen molar-refractivity contribution in [3.63, 3.8) is 0 Å². The van der Waals surface area contributed by atoms with Crippen molar-refractivity contribution >= 4 is 16.7 Å². The summed E-state index contributed by atoms with van der Waals surface area (Å²) in [4.78, 5) is 13.1. The first-order valence-electron chi connectivity index (χ1n) is 11.9. The molecule has 0 fully saturated rings. The summed E-state index contributed by atoms with van der Waals surface area (Å²) in [6, 6.07) is 16.9. The maximum atomic E-state index is 13.1. The van der Waals surface area contributed by atoms with Crippen LogP contribution in [0.3, 0.4) is 0 Å². The van der Waals surface area contributed by atoms with Gasteiger partial charge in [0, 0.05) is 29.1 Å². The van der Waals surface area contributed by atoms with E-state index in [1.807, 2.05) is 44.2 Å². The summed E-state index contributed by atoms with van der Waals surface area (Å²) in [6.45, 7) is 3.73. The van der Waals surface area contributed by atoms with Gasteiger partial charge in [-0.1, -0.05) is 24.3 Å². The Hall–Kier alpha value is -4.37. The van der Waals surface area contributed by atoms with E-state index in [1.54, 1.807) is 12.3 Å². The number of hydrogen-bond donors (Lipinski definition) is 2. The number of nitrogens with one attached hydrogen (secondary N) is 1. The normalized spacial score (nSPS) is 12.6. The highest BCUT2D eigenvalue weighted by Gasteiger charge is 2.30. The SMILES string of the molecule is Cc1cc(C(C)Nc2ccccc2CO)c2oc(-c3cnn(-c4ccc(C(F)(F)F)cc4)c3)cc(=O)c2c1. The number of fused-ring (bicyclic) bond motifs is 1. The lowest BCUT2D eigenvalue weighted by molar-refractivity contribution is -0.137. The summed E-state index contributed by atoms with van der Waals surface area (Å²) >= 11 is 0. The molecule has 2 aromatic heterocycles. The van der Waals surface area contributed by atoms with Gasteiger partial charge in [0.1, 0.15) is 11.3 Å². The van der Waals surface area contributed by atoms with Crippen molar-refractivity contribution in [2.24, 2.45) is 0 Å². The zero-order valence-corrected chi connectivity index (χ0v) is 20.6. The van der Waals surface area contributed by atoms with Crippen LogP contribution >= 0.6 is 0 Å². The molecule has 0 aliphatic rings. The molecule has 0 spiro atoms. The van der Waals surface area contributed by atoms with Gasteiger partial charge < -0.3 is 14.8 Å². The molecule has 6 nitrogen and oxygen atoms in total. The number of para-hydroxylation sites is 1. The van der Waals surface area contributed by atoms with E-state index in [1.165, 1.54) is 29.1 Å². The van der Waals surface area contributed by atoms with Crippen LogP contribution in [0.1, 0.15) is 35.2 Å². The van der Waals surface area contributed by atoms with Crippen LogP contribution in [0, 0.1) is 6.92 Å². The molecule has 2 N–H and O–H groups in total. The molecule has 0 saturated heterocycles. The third-order valence-electron chi connectivity index (χ3n) is 6.35. The molecule has 194 valence electrons. The van der Waals surface area contributed by atoms with Crippen LogP contribution in [0.5, 0.6) is 0 Å². The Morgan fingerprint density at radius 3 is 2.53 bits per heavy atom. The lowest BCUT2D eigenvalue weighted by atomic mass is 10.0. The van der Waals surface area contributed by atoms with E-state index < -0.39 is 11.7 Å². The molecule has 5 aromatic rings. The highest BCUT2D eigenvalue weighted by Crippen LogP contribution is 2.32. The molecule has 1 atom stereocenters. The van der Waals surface area contributed by atoms with E-state index in [9.17, 15) is 23.1 Å². The van der Waals surface area contributed by atoms with E-state index in [-0.39, 0.29) is 23.8 Å². The zero-order valence-electron chi connectivity index (χ0n) is 20.6. The number of nitrogens with zero attached hydrogens (tertiary/aromatic N) is 2. The lowest BCUT2D eigenvalue weighted by Crippen LogP contribution is -2.11. The van der Waals surface area contributed by atoms with Crippen molar-refractivity contribution in [1.29, 1.82) is 0 Å². The Bertz CT molecular complexity index is 1670. The molecule has 5 rings (SSSR count). The highest BCUT2D eigenvalue weighted by molar-refractivity contribution is 5.83. The second-order valence-corrected chi connectivity index (χ2v) is 9.11. The number of aromatic nitrogens is 2. The number of hydrogen-bond acceptors (Lipinski definition) is 5. The first kappa shape index (κ1) is 25.3. The average molecular weight is 520 g/mol. The molecular weight excluding hydrogens is 495 g/mol. The Morgan fingerprint density at radius 1 is 1.08 bits per heavy atom. The molecule has 3 aromatic carbocycles. The summed E-state index contributed by atoms with van der Waals surface area (Å²) < 4.78 is 46.4. The van der Waals surface area contributed by atoms with E-state index in [2.05, 4.69) is 10.4 Å². The van der Waals surface area contributed by atoms with Crippen molar-refractivity contribution in [3.05, 3.63) is 112 Å². The van der Waals surface area contributed by atoms with Crippen LogP contribution in [0.15, 0.2) is 88.3 Å². The fourth-order valence-electron chi connectivity index (χ4n) is 4.40. The Labute approximate surface area is 216 Å². The third-order valence-corrected chi connectivity index (χ3v) is 6.35. The molecule has 0 radical (unpaired) electrons. The number of aryl methyl sites for hydroxylation is 1. The molecule has 9 heteroatoms. The average Bonchev–Trinajstić information content (AvgIpc) is 3.39. The summed E-state index contributed by atoms with van der Waals surface area (Å²) in [5.41, 5.74) is 3.56. The molecule has 0 aliphatic carbocycles. The van der Waals surface area contributed by atoms with E-state index in [0.717, 1.165) is 34.5 Å². The maximum absolute atomic E-state index is 13.1. The smallest absolute Gasteiger partial charge is 0.416 e. The maximum Gasteiger partial charge on any atom is 0.416 e. The molecule has 0 saturated carbocycles. The van der Waals surface area contributed by atoms with Crippen LogP contribution in [-0.4, -0.2) is 14.9 Å². The molecule has 0 aliphatic heterocycles. The largest absolute Gasteiger partial charge is 0.455 e. The van der Waals surface area contributed by atoms with Gasteiger partial charge in [0.25, 0.3) is 0 Å². The van der Waals surface area contributed by atoms with Crippen LogP contribution < -0.4 is 10.7 Å². The van der Waals surface area contributed by atoms with Crippen LogP contribution in [0.4, 0.5) is 18.9 Å². The van der Waals surface area contributed by atoms with Crippen molar-refractivity contribution in [3.8, 4) is 17.0 Å². The third kappa shape index (κ3) is 4.92. The van der Waals surface area contributed by atoms with Gasteiger partial charge in [-0.2, -0.15) is 18.3 Å². The minimum Gasteiger partial charge on any atom is -0.455 e. The minimum absolute atomic E-state index is 0.118. The Morgan fingerprint density at radius 2 is 1.82 bits per heavy atom. The summed E-state index contributed by atoms with van der Waals surface area (Å²) in [5, 5.41) is 17.8. The zero-order chi connectivity index (χ0) is 27.0. The van der Waals surface area contributed by atoms with Crippen molar-refractivity contribution < 1.29 is 22.7 Å². The summed E-state index contributed by atoms with van der Waals surface area (Å²) in [6.07, 6.45) is -1.33. The molecule has 0 amide bonds. The standard InChI is InChI=1S/C29H24F3N3O3/c1-17-11-23(18(2)34-25-6-4-3-5-19(25)16-36)28-24(12-17)26(37)13-27(38-28)20-14-33-35(15-20)22-9-7-21(8-10-22)29(30,31)32/h3-15,18,34,36H,16H2,1-2H3. The van der Waals surface area contributed by atoms with Gasteiger partial charge in [-0.25, -0.2) is 4.68 Å². The topological polar surface area (TPSA) is 80.3 Å². The number of aliphatic hydroxyl groups is 1. The summed E-state index contributed by atoms with van der Waals surface area (Å²) in [5.74, 6) is 0.286. The van der Waals surface area contributed by atoms with E-state index in [4.69, 9.17) is 4.42 Å². The predicted molar refractivity (Wildman–Crippen MR) is 139 cm³/mol. The molecule has 0 bridgehead atoms. The molecule has 38 heavy (non-hydrogen) atoms. The van der Waals surface area contributed by atoms with Gasteiger partial charge in [-0.05, 0) is 55.8 Å². The number of rotatable bonds is 6. The number of alkyl halides is 3. The van der Waals surface area contributed by atoms with Gasteiger partial charge >= 0.3 is 6.18 Å². The van der Waals surface area contributed by atoms with Crippen LogP contribution in [0.25, 0.3) is 28.0 Å². The van der Waals surface area contributed by atoms with Crippen molar-refractivity contribution in [2.75, 3.05) is 5.32 Å². The molecular formula is C29H24F3N3O3. The second-order valence-electron chi connectivity index (χ2n) is 9.11. The fourth-order valence-corrected chi connectivity index (χ4v) is 4.40.